The second-order valence-electron chi connectivity index (χ2n) is 5.73. The summed E-state index contributed by atoms with van der Waals surface area (Å²) in [5.41, 5.74) is 0.512. The monoisotopic (exact) mass is 324 g/mol. The first-order valence-electron chi connectivity index (χ1n) is 7.60. The molecule has 1 aromatic carbocycles. The highest BCUT2D eigenvalue weighted by atomic mass is 32.2. The summed E-state index contributed by atoms with van der Waals surface area (Å²) in [4.78, 5) is 11.8. The fraction of sp³-hybridized carbons (Fsp3) is 0.533. The number of nitrogens with one attached hydrogen (secondary N) is 1. The minimum absolute atomic E-state index is 0.219. The van der Waals surface area contributed by atoms with Crippen molar-refractivity contribution in [3.8, 4) is 5.75 Å². The normalized spacial score (nSPS) is 23.1. The Morgan fingerprint density at radius 1 is 1.18 bits per heavy atom. The maximum Gasteiger partial charge on any atom is 0.265 e. The van der Waals surface area contributed by atoms with E-state index in [4.69, 9.17) is 4.74 Å². The topological polar surface area (TPSA) is 75.7 Å². The molecule has 3 rings (SSSR count). The lowest BCUT2D eigenvalue weighted by molar-refractivity contribution is -0.122. The van der Waals surface area contributed by atoms with Crippen molar-refractivity contribution in [2.24, 2.45) is 0 Å². The second-order valence-corrected chi connectivity index (χ2v) is 7.66. The first kappa shape index (κ1) is 15.3. The van der Waals surface area contributed by atoms with E-state index >= 15 is 0 Å². The molecule has 1 fully saturated rings. The number of benzene rings is 1. The SMILES string of the molecule is CC1Oc2cc(S(=O)(=O)N3CCCCCC3)ccc2NC1=O. The first-order valence-corrected chi connectivity index (χ1v) is 9.04. The van der Waals surface area contributed by atoms with Crippen molar-refractivity contribution in [3.63, 3.8) is 0 Å². The molecule has 7 heteroatoms. The van der Waals surface area contributed by atoms with Gasteiger partial charge in [0.1, 0.15) is 5.75 Å². The summed E-state index contributed by atoms with van der Waals surface area (Å²) in [5.74, 6) is 0.179. The van der Waals surface area contributed by atoms with Gasteiger partial charge in [-0.3, -0.25) is 4.79 Å². The van der Waals surface area contributed by atoms with Gasteiger partial charge in [-0.05, 0) is 31.9 Å². The van der Waals surface area contributed by atoms with Gasteiger partial charge < -0.3 is 10.1 Å². The Balaban J connectivity index is 1.91. The number of ether oxygens (including phenoxy) is 1. The Bertz CT molecular complexity index is 679. The van der Waals surface area contributed by atoms with Crippen molar-refractivity contribution in [1.29, 1.82) is 0 Å². The molecule has 0 spiro atoms. The number of carbonyl (C=O) groups is 1. The summed E-state index contributed by atoms with van der Waals surface area (Å²) in [6.45, 7) is 2.76. The number of carbonyl (C=O) groups excluding carboxylic acids is 1. The van der Waals surface area contributed by atoms with Gasteiger partial charge in [-0.25, -0.2) is 8.42 Å². The third-order valence-electron chi connectivity index (χ3n) is 4.09. The molecule has 0 aliphatic carbocycles. The molecule has 2 aliphatic rings. The fourth-order valence-corrected chi connectivity index (χ4v) is 4.31. The van der Waals surface area contributed by atoms with Crippen LogP contribution in [0.2, 0.25) is 0 Å². The highest BCUT2D eigenvalue weighted by Gasteiger charge is 2.29. The van der Waals surface area contributed by atoms with Crippen LogP contribution in [0.4, 0.5) is 5.69 Å². The number of amides is 1. The van der Waals surface area contributed by atoms with Crippen LogP contribution in [0.3, 0.4) is 0 Å². The molecule has 1 unspecified atom stereocenters. The van der Waals surface area contributed by atoms with E-state index in [0.29, 0.717) is 24.5 Å². The van der Waals surface area contributed by atoms with E-state index in [2.05, 4.69) is 5.32 Å². The van der Waals surface area contributed by atoms with Crippen LogP contribution in [0.5, 0.6) is 5.75 Å². The van der Waals surface area contributed by atoms with E-state index < -0.39 is 16.1 Å². The first-order chi connectivity index (χ1) is 10.5. The van der Waals surface area contributed by atoms with Gasteiger partial charge >= 0.3 is 0 Å². The summed E-state index contributed by atoms with van der Waals surface area (Å²) in [6.07, 6.45) is 3.32. The molecule has 0 saturated carbocycles. The van der Waals surface area contributed by atoms with Crippen LogP contribution in [-0.2, 0) is 14.8 Å². The second kappa shape index (κ2) is 5.89. The molecule has 120 valence electrons. The molecule has 1 atom stereocenters. The van der Waals surface area contributed by atoms with Crippen molar-refractivity contribution in [2.45, 2.75) is 43.6 Å². The van der Waals surface area contributed by atoms with Crippen LogP contribution in [0.15, 0.2) is 23.1 Å². The van der Waals surface area contributed by atoms with Gasteiger partial charge in [-0.2, -0.15) is 4.31 Å². The van der Waals surface area contributed by atoms with Crippen LogP contribution >= 0.6 is 0 Å². The Morgan fingerprint density at radius 2 is 1.86 bits per heavy atom. The molecular formula is C15H20N2O4S. The molecule has 2 aliphatic heterocycles. The van der Waals surface area contributed by atoms with E-state index in [0.717, 1.165) is 25.7 Å². The predicted molar refractivity (Wildman–Crippen MR) is 82.4 cm³/mol. The Kier molecular flexibility index (Phi) is 4.10. The number of anilines is 1. The Morgan fingerprint density at radius 3 is 2.55 bits per heavy atom. The van der Waals surface area contributed by atoms with Crippen LogP contribution < -0.4 is 10.1 Å². The average Bonchev–Trinajstić information content (AvgIpc) is 2.77. The van der Waals surface area contributed by atoms with E-state index in [-0.39, 0.29) is 10.8 Å². The molecule has 0 aromatic heterocycles. The van der Waals surface area contributed by atoms with Crippen LogP contribution in [0.25, 0.3) is 0 Å². The Hall–Kier alpha value is -1.60. The van der Waals surface area contributed by atoms with Gasteiger partial charge in [0.15, 0.2) is 6.10 Å². The summed E-state index contributed by atoms with van der Waals surface area (Å²) in [6, 6.07) is 4.62. The third kappa shape index (κ3) is 2.83. The zero-order valence-corrected chi connectivity index (χ0v) is 13.4. The van der Waals surface area contributed by atoms with Crippen molar-refractivity contribution < 1.29 is 17.9 Å². The number of rotatable bonds is 2. The molecule has 1 aromatic rings. The summed E-state index contributed by atoms with van der Waals surface area (Å²) >= 11 is 0. The quantitative estimate of drug-likeness (QED) is 0.902. The standard InChI is InChI=1S/C15H20N2O4S/c1-11-15(18)16-13-7-6-12(10-14(13)21-11)22(19,20)17-8-4-2-3-5-9-17/h6-7,10-11H,2-5,8-9H2,1H3,(H,16,18). The number of hydrogen-bond acceptors (Lipinski definition) is 4. The van der Waals surface area contributed by atoms with Crippen LogP contribution in [-0.4, -0.2) is 37.8 Å². The largest absolute Gasteiger partial charge is 0.479 e. The molecule has 0 radical (unpaired) electrons. The van der Waals surface area contributed by atoms with Gasteiger partial charge in [0.2, 0.25) is 10.0 Å². The maximum absolute atomic E-state index is 12.8. The minimum Gasteiger partial charge on any atom is -0.479 e. The highest BCUT2D eigenvalue weighted by molar-refractivity contribution is 7.89. The number of hydrogen-bond donors (Lipinski definition) is 1. The summed E-state index contributed by atoms with van der Waals surface area (Å²) in [7, 11) is -3.51. The molecule has 1 saturated heterocycles. The van der Waals surface area contributed by atoms with Crippen LogP contribution in [0, 0.1) is 0 Å². The van der Waals surface area contributed by atoms with Crippen molar-refractivity contribution >= 4 is 21.6 Å². The van der Waals surface area contributed by atoms with Gasteiger partial charge in [0, 0.05) is 19.2 Å². The van der Waals surface area contributed by atoms with Crippen molar-refractivity contribution in [3.05, 3.63) is 18.2 Å². The molecular weight excluding hydrogens is 304 g/mol. The smallest absolute Gasteiger partial charge is 0.265 e. The van der Waals surface area contributed by atoms with Crippen molar-refractivity contribution in [1.82, 2.24) is 4.31 Å². The third-order valence-corrected chi connectivity index (χ3v) is 5.98. The lowest BCUT2D eigenvalue weighted by Gasteiger charge is -2.25. The van der Waals surface area contributed by atoms with Gasteiger partial charge in [0.25, 0.3) is 5.91 Å². The van der Waals surface area contributed by atoms with E-state index in [1.165, 1.54) is 12.1 Å². The lowest BCUT2D eigenvalue weighted by atomic mass is 10.2. The highest BCUT2D eigenvalue weighted by Crippen LogP contribution is 2.33. The summed E-state index contributed by atoms with van der Waals surface area (Å²) in [5, 5.41) is 2.71. The fourth-order valence-electron chi connectivity index (χ4n) is 2.77. The van der Waals surface area contributed by atoms with Gasteiger partial charge in [-0.15, -0.1) is 0 Å². The molecule has 1 N–H and O–H groups in total. The Labute approximate surface area is 130 Å². The number of nitrogens with zero attached hydrogens (tertiary/aromatic N) is 1. The molecule has 2 heterocycles. The molecule has 0 bridgehead atoms. The average molecular weight is 324 g/mol. The summed E-state index contributed by atoms with van der Waals surface area (Å²) < 4.78 is 32.6. The number of sulfonamides is 1. The van der Waals surface area contributed by atoms with E-state index in [1.54, 1.807) is 17.3 Å². The van der Waals surface area contributed by atoms with E-state index in [9.17, 15) is 13.2 Å². The zero-order valence-electron chi connectivity index (χ0n) is 12.5. The van der Waals surface area contributed by atoms with Crippen LogP contribution in [0.1, 0.15) is 32.6 Å². The predicted octanol–water partition coefficient (Wildman–Crippen LogP) is 1.97. The lowest BCUT2D eigenvalue weighted by Crippen LogP contribution is -2.35. The minimum atomic E-state index is -3.51. The van der Waals surface area contributed by atoms with Crippen molar-refractivity contribution in [2.75, 3.05) is 18.4 Å². The molecule has 1 amide bonds. The van der Waals surface area contributed by atoms with E-state index in [1.807, 2.05) is 0 Å². The van der Waals surface area contributed by atoms with Gasteiger partial charge in [0.05, 0.1) is 10.6 Å². The molecule has 6 nitrogen and oxygen atoms in total. The number of fused-ring (bicyclic) bond motifs is 1. The van der Waals surface area contributed by atoms with Gasteiger partial charge in [-0.1, -0.05) is 12.8 Å². The maximum atomic E-state index is 12.8. The molecule has 22 heavy (non-hydrogen) atoms. The zero-order chi connectivity index (χ0) is 15.7.